The van der Waals surface area contributed by atoms with E-state index in [9.17, 15) is 17.6 Å². The number of halogens is 1. The lowest BCUT2D eigenvalue weighted by atomic mass is 9.88. The molecular weight excluding hydrogens is 602 g/mol. The van der Waals surface area contributed by atoms with Crippen LogP contribution in [0.4, 0.5) is 10.1 Å². The van der Waals surface area contributed by atoms with Gasteiger partial charge in [0.1, 0.15) is 28.9 Å². The Balaban J connectivity index is 1.36. The van der Waals surface area contributed by atoms with E-state index in [2.05, 4.69) is 14.6 Å². The van der Waals surface area contributed by atoms with Crippen LogP contribution in [-0.4, -0.2) is 68.1 Å². The van der Waals surface area contributed by atoms with E-state index in [4.69, 9.17) is 4.42 Å². The fraction of sp³-hybridized carbons (Fsp3) is 0.438. The van der Waals surface area contributed by atoms with Crippen molar-refractivity contribution in [3.63, 3.8) is 0 Å². The number of furan rings is 1. The minimum atomic E-state index is -3.58. The number of carbonyl (C=O) groups excluding carboxylic acids is 1. The Morgan fingerprint density at radius 2 is 1.95 bits per heavy atom. The monoisotopic (exact) mass is 639 g/mol. The van der Waals surface area contributed by atoms with Crippen molar-refractivity contribution in [1.29, 1.82) is 0 Å². The van der Waals surface area contributed by atoms with Crippen LogP contribution in [-0.2, 0) is 22.8 Å². The smallest absolute Gasteiger partial charge is 0.255 e. The summed E-state index contributed by atoms with van der Waals surface area (Å²) in [5.41, 5.74) is 3.54. The van der Waals surface area contributed by atoms with Crippen molar-refractivity contribution >= 4 is 44.3 Å². The number of benzene rings is 2. The number of aromatic nitrogens is 2. The van der Waals surface area contributed by atoms with Gasteiger partial charge >= 0.3 is 0 Å². The molecule has 1 atom stereocenters. The first-order chi connectivity index (χ1) is 21.2. The van der Waals surface area contributed by atoms with E-state index in [1.807, 2.05) is 34.9 Å². The topological polar surface area (TPSA) is 101 Å². The summed E-state index contributed by atoms with van der Waals surface area (Å²) in [5, 5.41) is 3.72. The van der Waals surface area contributed by atoms with Gasteiger partial charge in [-0.15, -0.1) is 0 Å². The zero-order valence-corrected chi connectivity index (χ0v) is 26.9. The van der Waals surface area contributed by atoms with E-state index in [1.54, 1.807) is 31.1 Å². The van der Waals surface area contributed by atoms with Crippen LogP contribution in [0.1, 0.15) is 59.8 Å². The average Bonchev–Trinajstić information content (AvgIpc) is 3.53. The van der Waals surface area contributed by atoms with Crippen molar-refractivity contribution in [3.05, 3.63) is 65.4 Å². The number of nitrogens with zero attached hydrogens (tertiary/aromatic N) is 4. The number of likely N-dealkylation sites (tertiary alicyclic amines) is 1. The van der Waals surface area contributed by atoms with Crippen LogP contribution < -0.4 is 9.62 Å². The van der Waals surface area contributed by atoms with Crippen molar-refractivity contribution in [3.8, 4) is 11.3 Å². The van der Waals surface area contributed by atoms with Gasteiger partial charge in [-0.1, -0.05) is 18.4 Å². The van der Waals surface area contributed by atoms with Gasteiger partial charge in [0.05, 0.1) is 17.4 Å². The van der Waals surface area contributed by atoms with Gasteiger partial charge in [0, 0.05) is 56.9 Å². The van der Waals surface area contributed by atoms with Crippen LogP contribution in [0, 0.1) is 5.82 Å². The number of hydrogen-bond acceptors (Lipinski definition) is 8. The normalized spacial score (nSPS) is 17.8. The third kappa shape index (κ3) is 5.87. The number of rotatable bonds is 8. The number of sulfone groups is 1. The highest BCUT2D eigenvalue weighted by molar-refractivity contribution is 7.99. The van der Waals surface area contributed by atoms with Crippen molar-refractivity contribution in [2.45, 2.75) is 56.0 Å². The Hall–Kier alpha value is -3.35. The van der Waals surface area contributed by atoms with E-state index in [1.165, 1.54) is 18.3 Å². The number of carbonyl (C=O) groups is 1. The lowest BCUT2D eigenvalue weighted by Gasteiger charge is -2.34. The van der Waals surface area contributed by atoms with Gasteiger partial charge in [-0.2, -0.15) is 0 Å². The van der Waals surface area contributed by atoms with Gasteiger partial charge in [-0.25, -0.2) is 17.8 Å². The predicted molar refractivity (Wildman–Crippen MR) is 172 cm³/mol. The molecular formula is C32H38FN5O4S2. The molecule has 6 rings (SSSR count). The maximum Gasteiger partial charge on any atom is 0.255 e. The number of imidazole rings is 1. The molecule has 2 aromatic carbocycles. The largest absolute Gasteiger partial charge is 0.455 e. The molecule has 0 unspecified atom stereocenters. The van der Waals surface area contributed by atoms with E-state index in [0.717, 1.165) is 55.6 Å². The van der Waals surface area contributed by atoms with Gasteiger partial charge in [0.25, 0.3) is 5.91 Å². The van der Waals surface area contributed by atoms with Crippen LogP contribution in [0.15, 0.2) is 52.0 Å². The number of piperidine rings is 1. The lowest BCUT2D eigenvalue weighted by Crippen LogP contribution is -2.38. The molecule has 9 nitrogen and oxygen atoms in total. The summed E-state index contributed by atoms with van der Waals surface area (Å²) in [6.45, 7) is 1.95. The molecule has 1 saturated heterocycles. The van der Waals surface area contributed by atoms with Gasteiger partial charge < -0.3 is 18.6 Å². The van der Waals surface area contributed by atoms with Gasteiger partial charge in [-0.3, -0.25) is 9.69 Å². The van der Waals surface area contributed by atoms with Crippen LogP contribution in [0.25, 0.3) is 22.3 Å². The SMILES string of the molecule is CNC(=O)c1c(-c2ccc(F)cc2)oc2cc(N(C)SC)c([C@@H]3CCCN(CS(=O)(=O)c4cnc5n4CCCCC5)C3)cc12. The third-order valence-corrected chi connectivity index (χ3v) is 11.2. The Morgan fingerprint density at radius 1 is 1.16 bits per heavy atom. The first kappa shape index (κ1) is 30.7. The van der Waals surface area contributed by atoms with Crippen molar-refractivity contribution in [2.75, 3.05) is 43.6 Å². The second-order valence-corrected chi connectivity index (χ2v) is 14.4. The maximum atomic E-state index is 13.7. The molecule has 1 fully saturated rings. The Kier molecular flexibility index (Phi) is 8.76. The summed E-state index contributed by atoms with van der Waals surface area (Å²) >= 11 is 1.56. The number of fused-ring (bicyclic) bond motifs is 2. The van der Waals surface area contributed by atoms with Gasteiger partial charge in [0.15, 0.2) is 5.03 Å². The summed E-state index contributed by atoms with van der Waals surface area (Å²) < 4.78 is 51.4. The minimum Gasteiger partial charge on any atom is -0.455 e. The molecule has 234 valence electrons. The highest BCUT2D eigenvalue weighted by Crippen LogP contribution is 2.42. The molecule has 12 heteroatoms. The second kappa shape index (κ2) is 12.6. The quantitative estimate of drug-likeness (QED) is 0.240. The Labute approximate surface area is 261 Å². The summed E-state index contributed by atoms with van der Waals surface area (Å²) in [5.74, 6) is 0.556. The molecule has 4 aromatic rings. The molecule has 2 aliphatic heterocycles. The molecule has 1 N–H and O–H groups in total. The summed E-state index contributed by atoms with van der Waals surface area (Å²) in [4.78, 5) is 19.7. The number of aryl methyl sites for hydroxylation is 1. The first-order valence-corrected chi connectivity index (χ1v) is 17.9. The highest BCUT2D eigenvalue weighted by atomic mass is 32.2. The minimum absolute atomic E-state index is 0.0391. The first-order valence-electron chi connectivity index (χ1n) is 15.1. The molecule has 4 heterocycles. The number of anilines is 1. The Bertz CT molecular complexity index is 1780. The summed E-state index contributed by atoms with van der Waals surface area (Å²) in [7, 11) is -0.0241. The molecule has 0 aliphatic carbocycles. The maximum absolute atomic E-state index is 13.7. The van der Waals surface area contributed by atoms with Crippen LogP contribution in [0.5, 0.6) is 0 Å². The summed E-state index contributed by atoms with van der Waals surface area (Å²) in [6.07, 6.45) is 9.14. The standard InChI is InChI=1S/C32H38FN5O4S2/c1-34-32(39)30-25-16-24(26(36(2)43-3)17-27(25)42-31(30)21-10-12-23(33)13-11-21)22-8-7-14-37(19-22)20-44(40,41)29-18-35-28-9-5-4-6-15-38(28)29/h10-13,16-18,22H,4-9,14-15,19-20H2,1-3H3,(H,34,39)/t22-/m1/s1. The van der Waals surface area contributed by atoms with Crippen molar-refractivity contribution in [1.82, 2.24) is 19.8 Å². The molecule has 0 bridgehead atoms. The molecule has 2 aromatic heterocycles. The zero-order valence-electron chi connectivity index (χ0n) is 25.3. The van der Waals surface area contributed by atoms with E-state index < -0.39 is 9.84 Å². The summed E-state index contributed by atoms with van der Waals surface area (Å²) in [6, 6.07) is 9.89. The van der Waals surface area contributed by atoms with Gasteiger partial charge in [0.2, 0.25) is 9.84 Å². The third-order valence-electron chi connectivity index (χ3n) is 8.81. The lowest BCUT2D eigenvalue weighted by molar-refractivity contribution is 0.0964. The van der Waals surface area contributed by atoms with Crippen LogP contribution >= 0.6 is 11.9 Å². The number of amides is 1. The van der Waals surface area contributed by atoms with E-state index in [0.29, 0.717) is 52.5 Å². The van der Waals surface area contributed by atoms with Crippen molar-refractivity contribution in [2.24, 2.45) is 0 Å². The molecule has 0 saturated carbocycles. The predicted octanol–water partition coefficient (Wildman–Crippen LogP) is 5.85. The zero-order chi connectivity index (χ0) is 31.0. The molecule has 2 aliphatic rings. The Morgan fingerprint density at radius 3 is 2.70 bits per heavy atom. The fourth-order valence-electron chi connectivity index (χ4n) is 6.55. The highest BCUT2D eigenvalue weighted by Gasteiger charge is 2.32. The fourth-order valence-corrected chi connectivity index (χ4v) is 8.50. The van der Waals surface area contributed by atoms with E-state index >= 15 is 0 Å². The number of hydrogen-bond donors (Lipinski definition) is 1. The number of nitrogens with one attached hydrogen (secondary N) is 1. The molecule has 0 spiro atoms. The van der Waals surface area contributed by atoms with Gasteiger partial charge in [-0.05, 0) is 74.0 Å². The van der Waals surface area contributed by atoms with Crippen LogP contribution in [0.2, 0.25) is 0 Å². The van der Waals surface area contributed by atoms with Crippen LogP contribution in [0.3, 0.4) is 0 Å². The molecule has 0 radical (unpaired) electrons. The average molecular weight is 640 g/mol. The second-order valence-electron chi connectivity index (χ2n) is 11.6. The van der Waals surface area contributed by atoms with E-state index in [-0.39, 0.29) is 23.5 Å². The molecule has 44 heavy (non-hydrogen) atoms. The molecule has 1 amide bonds. The van der Waals surface area contributed by atoms with Crippen molar-refractivity contribution < 1.29 is 22.0 Å².